The Labute approximate surface area is 129 Å². The van der Waals surface area contributed by atoms with Crippen molar-refractivity contribution in [1.29, 1.82) is 0 Å². The van der Waals surface area contributed by atoms with Crippen LogP contribution in [0.3, 0.4) is 0 Å². The van der Waals surface area contributed by atoms with Gasteiger partial charge in [0.05, 0.1) is 0 Å². The van der Waals surface area contributed by atoms with Crippen LogP contribution in [0, 0.1) is 5.92 Å². The zero-order valence-corrected chi connectivity index (χ0v) is 13.7. The Kier molecular flexibility index (Phi) is 4.34. The number of hydrogen-bond acceptors (Lipinski definition) is 3. The van der Waals surface area contributed by atoms with Crippen LogP contribution in [0.25, 0.3) is 0 Å². The van der Waals surface area contributed by atoms with Gasteiger partial charge in [-0.1, -0.05) is 15.9 Å². The molecular weight excluding hydrogens is 316 g/mol. The Morgan fingerprint density at radius 3 is 2.80 bits per heavy atom. The summed E-state index contributed by atoms with van der Waals surface area (Å²) in [7, 11) is 0. The molecule has 1 aromatic carbocycles. The van der Waals surface area contributed by atoms with Gasteiger partial charge in [0.15, 0.2) is 0 Å². The Bertz CT molecular complexity index is 446. The third-order valence-corrected chi connectivity index (χ3v) is 5.19. The minimum atomic E-state index is 0.335. The number of halogens is 1. The molecule has 110 valence electrons. The van der Waals surface area contributed by atoms with Crippen molar-refractivity contribution >= 4 is 15.9 Å². The summed E-state index contributed by atoms with van der Waals surface area (Å²) < 4.78 is 6.97. The molecule has 1 aromatic rings. The second kappa shape index (κ2) is 6.04. The average Bonchev–Trinajstić information content (AvgIpc) is 3.28. The average molecular weight is 339 g/mol. The van der Waals surface area contributed by atoms with Crippen molar-refractivity contribution in [2.75, 3.05) is 32.8 Å². The van der Waals surface area contributed by atoms with Gasteiger partial charge >= 0.3 is 0 Å². The highest BCUT2D eigenvalue weighted by atomic mass is 79.9. The predicted molar refractivity (Wildman–Crippen MR) is 85.2 cm³/mol. The number of benzene rings is 1. The summed E-state index contributed by atoms with van der Waals surface area (Å²) in [6.45, 7) is 7.55. The number of nitrogens with zero attached hydrogens (tertiary/aromatic N) is 1. The highest BCUT2D eigenvalue weighted by Crippen LogP contribution is 2.43. The Morgan fingerprint density at radius 1 is 1.35 bits per heavy atom. The molecule has 1 atom stereocenters. The molecule has 1 aliphatic carbocycles. The largest absolute Gasteiger partial charge is 0.492 e. The van der Waals surface area contributed by atoms with E-state index in [1.807, 2.05) is 24.3 Å². The highest BCUT2D eigenvalue weighted by Gasteiger charge is 2.46. The fourth-order valence-electron chi connectivity index (χ4n) is 3.20. The van der Waals surface area contributed by atoms with Crippen molar-refractivity contribution in [1.82, 2.24) is 10.2 Å². The van der Waals surface area contributed by atoms with Gasteiger partial charge in [0.2, 0.25) is 0 Å². The molecule has 2 fully saturated rings. The summed E-state index contributed by atoms with van der Waals surface area (Å²) in [4.78, 5) is 2.63. The fourth-order valence-corrected chi connectivity index (χ4v) is 3.47. The lowest BCUT2D eigenvalue weighted by atomic mass is 9.91. The summed E-state index contributed by atoms with van der Waals surface area (Å²) in [5.41, 5.74) is 0.335. The van der Waals surface area contributed by atoms with Crippen LogP contribution in [0.1, 0.15) is 19.8 Å². The lowest BCUT2D eigenvalue weighted by Gasteiger charge is -2.45. The van der Waals surface area contributed by atoms with Crippen LogP contribution in [-0.4, -0.2) is 43.2 Å². The van der Waals surface area contributed by atoms with Crippen molar-refractivity contribution in [2.24, 2.45) is 5.92 Å². The first kappa shape index (κ1) is 14.4. The topological polar surface area (TPSA) is 24.5 Å². The van der Waals surface area contributed by atoms with E-state index in [1.54, 1.807) is 0 Å². The van der Waals surface area contributed by atoms with Crippen molar-refractivity contribution < 1.29 is 4.74 Å². The molecule has 3 nitrogen and oxygen atoms in total. The first-order valence-corrected chi connectivity index (χ1v) is 8.32. The summed E-state index contributed by atoms with van der Waals surface area (Å²) in [6, 6.07) is 8.08. The number of rotatable bonds is 5. The minimum Gasteiger partial charge on any atom is -0.492 e. The van der Waals surface area contributed by atoms with E-state index in [-0.39, 0.29) is 0 Å². The molecular formula is C16H23BrN2O. The summed E-state index contributed by atoms with van der Waals surface area (Å²) >= 11 is 3.44. The first-order chi connectivity index (χ1) is 9.68. The van der Waals surface area contributed by atoms with E-state index in [1.165, 1.54) is 12.8 Å². The van der Waals surface area contributed by atoms with Gasteiger partial charge in [-0.3, -0.25) is 4.90 Å². The molecule has 0 bridgehead atoms. The maximum Gasteiger partial charge on any atom is 0.119 e. The minimum absolute atomic E-state index is 0.335. The monoisotopic (exact) mass is 338 g/mol. The maximum atomic E-state index is 5.87. The van der Waals surface area contributed by atoms with Gasteiger partial charge in [-0.25, -0.2) is 0 Å². The summed E-state index contributed by atoms with van der Waals surface area (Å²) in [6.07, 6.45) is 2.78. The third kappa shape index (κ3) is 3.18. The second-order valence-corrected chi connectivity index (χ2v) is 7.01. The molecule has 20 heavy (non-hydrogen) atoms. The normalized spacial score (nSPS) is 27.5. The number of ether oxygens (including phenoxy) is 1. The van der Waals surface area contributed by atoms with Crippen LogP contribution in [0.5, 0.6) is 5.75 Å². The standard InChI is InChI=1S/C16H23BrN2O/c1-16(13-2-3-13)12-18-8-9-19(16)10-11-20-15-6-4-14(17)5-7-15/h4-7,13,18H,2-3,8-12H2,1H3. The Morgan fingerprint density at radius 2 is 2.10 bits per heavy atom. The molecule has 0 radical (unpaired) electrons. The molecule has 3 rings (SSSR count). The molecule has 1 unspecified atom stereocenters. The summed E-state index contributed by atoms with van der Waals surface area (Å²) in [5, 5.41) is 3.55. The van der Waals surface area contributed by atoms with Gasteiger partial charge in [0.1, 0.15) is 12.4 Å². The lowest BCUT2D eigenvalue weighted by molar-refractivity contribution is 0.0436. The quantitative estimate of drug-likeness (QED) is 0.893. The zero-order chi connectivity index (χ0) is 14.0. The fraction of sp³-hybridized carbons (Fsp3) is 0.625. The second-order valence-electron chi connectivity index (χ2n) is 6.10. The van der Waals surface area contributed by atoms with Gasteiger partial charge in [0.25, 0.3) is 0 Å². The van der Waals surface area contributed by atoms with E-state index >= 15 is 0 Å². The van der Waals surface area contributed by atoms with Crippen LogP contribution in [0.4, 0.5) is 0 Å². The van der Waals surface area contributed by atoms with Gasteiger partial charge in [0, 0.05) is 36.2 Å². The van der Waals surface area contributed by atoms with Gasteiger partial charge in [-0.05, 0) is 49.9 Å². The molecule has 0 spiro atoms. The molecule has 4 heteroatoms. The van der Waals surface area contributed by atoms with E-state index in [4.69, 9.17) is 4.74 Å². The predicted octanol–water partition coefficient (Wildman–Crippen LogP) is 2.90. The lowest BCUT2D eigenvalue weighted by Crippen LogP contribution is -2.61. The van der Waals surface area contributed by atoms with E-state index in [0.29, 0.717) is 5.54 Å². The van der Waals surface area contributed by atoms with Crippen LogP contribution in [0.15, 0.2) is 28.7 Å². The molecule has 1 aliphatic heterocycles. The van der Waals surface area contributed by atoms with Gasteiger partial charge < -0.3 is 10.1 Å². The van der Waals surface area contributed by atoms with Crippen LogP contribution >= 0.6 is 15.9 Å². The third-order valence-electron chi connectivity index (χ3n) is 4.66. The summed E-state index contributed by atoms with van der Waals surface area (Å²) in [5.74, 6) is 1.83. The number of nitrogens with one attached hydrogen (secondary N) is 1. The molecule has 0 amide bonds. The van der Waals surface area contributed by atoms with E-state index in [0.717, 1.165) is 48.9 Å². The van der Waals surface area contributed by atoms with Crippen LogP contribution in [-0.2, 0) is 0 Å². The van der Waals surface area contributed by atoms with Gasteiger partial charge in [-0.15, -0.1) is 0 Å². The molecule has 1 saturated carbocycles. The van der Waals surface area contributed by atoms with Gasteiger partial charge in [-0.2, -0.15) is 0 Å². The van der Waals surface area contributed by atoms with E-state index in [2.05, 4.69) is 33.1 Å². The first-order valence-electron chi connectivity index (χ1n) is 7.53. The van der Waals surface area contributed by atoms with E-state index in [9.17, 15) is 0 Å². The van der Waals surface area contributed by atoms with E-state index < -0.39 is 0 Å². The maximum absolute atomic E-state index is 5.87. The molecule has 0 aromatic heterocycles. The SMILES string of the molecule is CC1(C2CC2)CNCCN1CCOc1ccc(Br)cc1. The van der Waals surface area contributed by atoms with Crippen molar-refractivity contribution in [3.63, 3.8) is 0 Å². The number of piperazine rings is 1. The molecule has 2 aliphatic rings. The number of hydrogen-bond donors (Lipinski definition) is 1. The molecule has 1 N–H and O–H groups in total. The van der Waals surface area contributed by atoms with Crippen molar-refractivity contribution in [2.45, 2.75) is 25.3 Å². The zero-order valence-electron chi connectivity index (χ0n) is 12.1. The Hall–Kier alpha value is -0.580. The highest BCUT2D eigenvalue weighted by molar-refractivity contribution is 9.10. The van der Waals surface area contributed by atoms with Crippen molar-refractivity contribution in [3.05, 3.63) is 28.7 Å². The molecule has 1 saturated heterocycles. The van der Waals surface area contributed by atoms with Crippen LogP contribution in [0.2, 0.25) is 0 Å². The smallest absolute Gasteiger partial charge is 0.119 e. The Balaban J connectivity index is 1.52. The van der Waals surface area contributed by atoms with Crippen molar-refractivity contribution in [3.8, 4) is 5.75 Å². The molecule has 1 heterocycles. The van der Waals surface area contributed by atoms with Crippen LogP contribution < -0.4 is 10.1 Å².